The van der Waals surface area contributed by atoms with E-state index in [9.17, 15) is 9.90 Å². The number of allylic oxidation sites excluding steroid dienone is 1. The summed E-state index contributed by atoms with van der Waals surface area (Å²) in [6.45, 7) is 1.50. The van der Waals surface area contributed by atoms with E-state index >= 15 is 0 Å². The molecule has 0 fully saturated rings. The molecule has 0 aliphatic carbocycles. The van der Waals surface area contributed by atoms with Gasteiger partial charge in [-0.25, -0.2) is 0 Å². The van der Waals surface area contributed by atoms with Gasteiger partial charge < -0.3 is 5.11 Å². The van der Waals surface area contributed by atoms with E-state index in [0.29, 0.717) is 16.8 Å². The van der Waals surface area contributed by atoms with Gasteiger partial charge in [0.05, 0.1) is 10.6 Å². The smallest absolute Gasteiger partial charge is 0.326 e. The first-order chi connectivity index (χ1) is 6.70. The Morgan fingerprint density at radius 3 is 2.93 bits per heavy atom. The highest BCUT2D eigenvalue weighted by Crippen LogP contribution is 2.31. The van der Waals surface area contributed by atoms with Crippen LogP contribution in [-0.2, 0) is 0 Å². The molecule has 0 spiro atoms. The number of carbonyl (C=O) groups excluding carboxylic acids is 1. The van der Waals surface area contributed by atoms with Gasteiger partial charge in [0.15, 0.2) is 11.5 Å². The largest absolute Gasteiger partial charge is 0.502 e. The minimum atomic E-state index is -0.0250. The van der Waals surface area contributed by atoms with Crippen LogP contribution < -0.4 is 4.99 Å². The molecule has 69 valence electrons. The van der Waals surface area contributed by atoms with Crippen LogP contribution in [0.5, 0.6) is 5.75 Å². The summed E-state index contributed by atoms with van der Waals surface area (Å²) >= 11 is 0. The number of ketones is 1. The number of fused-ring (bicyclic) bond motifs is 1. The maximum Gasteiger partial charge on any atom is 0.326 e. The molecule has 2 rings (SSSR count). The summed E-state index contributed by atoms with van der Waals surface area (Å²) in [6.07, 6.45) is 5.11. The highest BCUT2D eigenvalue weighted by molar-refractivity contribution is 6.02. The minimum absolute atomic E-state index is 0.0250. The summed E-state index contributed by atoms with van der Waals surface area (Å²) in [5.41, 5.74) is 1.76. The molecular formula is C11H9NO2+. The number of Topliss-reactive ketones (excluding diaryl/α,β-unsaturated/α-hetero) is 1. The van der Waals surface area contributed by atoms with Crippen molar-refractivity contribution in [2.75, 3.05) is 0 Å². The Hall–Kier alpha value is -1.90. The van der Waals surface area contributed by atoms with Crippen molar-refractivity contribution in [3.63, 3.8) is 0 Å². The number of hydrogen-bond donors (Lipinski definition) is 1. The first-order valence-corrected chi connectivity index (χ1v) is 4.28. The van der Waals surface area contributed by atoms with Crippen molar-refractivity contribution in [3.05, 3.63) is 29.3 Å². The standard InChI is InChI=1S/C11H9NO2/c1-7(13)8-4-5-10(14)11-9(8)3-2-6-12-11/h2-6,14H,1H3/q+1. The van der Waals surface area contributed by atoms with E-state index in [0.717, 1.165) is 0 Å². The van der Waals surface area contributed by atoms with Crippen molar-refractivity contribution in [1.82, 2.24) is 4.99 Å². The zero-order valence-electron chi connectivity index (χ0n) is 7.69. The quantitative estimate of drug-likeness (QED) is 0.680. The van der Waals surface area contributed by atoms with Gasteiger partial charge in [0.1, 0.15) is 0 Å². The molecule has 0 atom stereocenters. The van der Waals surface area contributed by atoms with Gasteiger partial charge in [-0.1, -0.05) is 0 Å². The zero-order chi connectivity index (χ0) is 10.1. The van der Waals surface area contributed by atoms with Crippen LogP contribution in [-0.4, -0.2) is 17.1 Å². The number of rotatable bonds is 1. The summed E-state index contributed by atoms with van der Waals surface area (Å²) < 4.78 is 0. The van der Waals surface area contributed by atoms with Gasteiger partial charge >= 0.3 is 5.69 Å². The number of carbonyl (C=O) groups is 1. The van der Waals surface area contributed by atoms with Crippen molar-refractivity contribution in [2.24, 2.45) is 0 Å². The average Bonchev–Trinajstić information content (AvgIpc) is 2.18. The normalized spacial score (nSPS) is 12.6. The van der Waals surface area contributed by atoms with E-state index in [4.69, 9.17) is 0 Å². The van der Waals surface area contributed by atoms with Gasteiger partial charge in [-0.15, -0.1) is 0 Å². The number of phenolic OH excluding ortho intramolecular Hbond substituents is 1. The first kappa shape index (κ1) is 8.69. The molecule has 1 heterocycles. The molecule has 0 bridgehead atoms. The molecule has 1 radical (unpaired) electrons. The molecule has 1 aliphatic rings. The first-order valence-electron chi connectivity index (χ1n) is 4.28. The van der Waals surface area contributed by atoms with Crippen molar-refractivity contribution >= 4 is 23.8 Å². The third-order valence-electron chi connectivity index (χ3n) is 2.13. The van der Waals surface area contributed by atoms with Crippen molar-refractivity contribution in [3.8, 4) is 5.75 Å². The molecule has 1 aromatic rings. The number of phenols is 1. The fourth-order valence-electron chi connectivity index (χ4n) is 1.46. The molecule has 0 aromatic heterocycles. The van der Waals surface area contributed by atoms with E-state index in [1.807, 2.05) is 0 Å². The monoisotopic (exact) mass is 187 g/mol. The lowest BCUT2D eigenvalue weighted by molar-refractivity contribution is 0.101. The average molecular weight is 187 g/mol. The third-order valence-corrected chi connectivity index (χ3v) is 2.13. The van der Waals surface area contributed by atoms with Crippen LogP contribution in [0.2, 0.25) is 0 Å². The lowest BCUT2D eigenvalue weighted by Crippen LogP contribution is -2.01. The SMILES string of the molecule is CC(=O)c1ccc(O)c2c1C=CC=[N+]2. The maximum absolute atomic E-state index is 11.3. The van der Waals surface area contributed by atoms with Crippen LogP contribution in [0, 0.1) is 0 Å². The summed E-state index contributed by atoms with van der Waals surface area (Å²) in [4.78, 5) is 15.3. The number of aromatic hydroxyl groups is 1. The van der Waals surface area contributed by atoms with E-state index in [1.165, 1.54) is 13.0 Å². The highest BCUT2D eigenvalue weighted by Gasteiger charge is 2.22. The van der Waals surface area contributed by atoms with Gasteiger partial charge in [0, 0.05) is 11.6 Å². The van der Waals surface area contributed by atoms with Crippen LogP contribution in [0.25, 0.3) is 6.08 Å². The van der Waals surface area contributed by atoms with Crippen LogP contribution in [0.1, 0.15) is 22.8 Å². The topological polar surface area (TPSA) is 51.4 Å². The van der Waals surface area contributed by atoms with Crippen LogP contribution in [0.3, 0.4) is 0 Å². The zero-order valence-corrected chi connectivity index (χ0v) is 7.69. The third kappa shape index (κ3) is 1.23. The molecule has 1 aromatic carbocycles. The molecule has 1 N–H and O–H groups in total. The molecule has 3 nitrogen and oxygen atoms in total. The molecule has 3 heteroatoms. The minimum Gasteiger partial charge on any atom is -0.502 e. The predicted octanol–water partition coefficient (Wildman–Crippen LogP) is 1.66. The number of aliphatic imine (C=N–C) groups is 1. The Morgan fingerprint density at radius 1 is 1.43 bits per heavy atom. The number of benzene rings is 1. The Kier molecular flexibility index (Phi) is 1.93. The number of nitrogens with zero attached hydrogens (tertiary/aromatic N) is 1. The second-order valence-electron chi connectivity index (χ2n) is 3.09. The summed E-state index contributed by atoms with van der Waals surface area (Å²) in [5.74, 6) is 0.0774. The molecule has 0 amide bonds. The Balaban J connectivity index is 2.73. The Labute approximate surface area is 81.4 Å². The fourth-order valence-corrected chi connectivity index (χ4v) is 1.46. The molecule has 14 heavy (non-hydrogen) atoms. The summed E-state index contributed by atoms with van der Waals surface area (Å²) in [7, 11) is 0. The summed E-state index contributed by atoms with van der Waals surface area (Å²) in [5, 5.41) is 9.50. The summed E-state index contributed by atoms with van der Waals surface area (Å²) in [6, 6.07) is 3.10. The van der Waals surface area contributed by atoms with Crippen LogP contribution >= 0.6 is 0 Å². The highest BCUT2D eigenvalue weighted by atomic mass is 16.3. The maximum atomic E-state index is 11.3. The van der Waals surface area contributed by atoms with E-state index in [2.05, 4.69) is 4.99 Å². The van der Waals surface area contributed by atoms with Crippen molar-refractivity contribution in [1.29, 1.82) is 0 Å². The van der Waals surface area contributed by atoms with Crippen molar-refractivity contribution in [2.45, 2.75) is 6.92 Å². The molecule has 1 aliphatic heterocycles. The Bertz CT molecular complexity index is 459. The lowest BCUT2D eigenvalue weighted by atomic mass is 10.0. The molecule has 0 unspecified atom stereocenters. The van der Waals surface area contributed by atoms with Gasteiger partial charge in [0.25, 0.3) is 0 Å². The Morgan fingerprint density at radius 2 is 2.21 bits per heavy atom. The molecular weight excluding hydrogens is 178 g/mol. The van der Waals surface area contributed by atoms with Crippen LogP contribution in [0.4, 0.5) is 5.69 Å². The molecule has 0 saturated carbocycles. The van der Waals surface area contributed by atoms with Gasteiger partial charge in [0.2, 0.25) is 6.21 Å². The number of hydrogen-bond acceptors (Lipinski definition) is 3. The van der Waals surface area contributed by atoms with Crippen LogP contribution in [0.15, 0.2) is 18.2 Å². The van der Waals surface area contributed by atoms with Crippen molar-refractivity contribution < 1.29 is 9.90 Å². The van der Waals surface area contributed by atoms with E-state index in [1.54, 1.807) is 24.4 Å². The van der Waals surface area contributed by atoms with Gasteiger partial charge in [-0.2, -0.15) is 0 Å². The second-order valence-corrected chi connectivity index (χ2v) is 3.09. The van der Waals surface area contributed by atoms with Gasteiger partial charge in [-0.3, -0.25) is 4.79 Å². The predicted molar refractivity (Wildman–Crippen MR) is 55.0 cm³/mol. The molecule has 0 saturated heterocycles. The second kappa shape index (κ2) is 3.10. The lowest BCUT2D eigenvalue weighted by Gasteiger charge is -2.02. The van der Waals surface area contributed by atoms with Gasteiger partial charge in [-0.05, 0) is 25.1 Å². The van der Waals surface area contributed by atoms with E-state index < -0.39 is 0 Å². The van der Waals surface area contributed by atoms with E-state index in [-0.39, 0.29) is 11.5 Å². The fraction of sp³-hybridized carbons (Fsp3) is 0.0909.